The summed E-state index contributed by atoms with van der Waals surface area (Å²) in [4.78, 5) is 25.2. The molecule has 0 aliphatic heterocycles. The van der Waals surface area contributed by atoms with E-state index in [1.807, 2.05) is 0 Å². The molecule has 0 saturated heterocycles. The number of ether oxygens (including phenoxy) is 1. The molecule has 0 aliphatic carbocycles. The van der Waals surface area contributed by atoms with Crippen molar-refractivity contribution in [2.75, 3.05) is 7.11 Å². The van der Waals surface area contributed by atoms with Crippen molar-refractivity contribution in [3.05, 3.63) is 27.5 Å². The first kappa shape index (κ1) is 9.72. The molecule has 2 heterocycles. The maximum absolute atomic E-state index is 11.3. The van der Waals surface area contributed by atoms with Crippen LogP contribution in [0, 0.1) is 0 Å². The average molecular weight is 225 g/mol. The van der Waals surface area contributed by atoms with Gasteiger partial charge in [-0.15, -0.1) is 11.3 Å². The number of pyridine rings is 1. The van der Waals surface area contributed by atoms with Gasteiger partial charge in [0.25, 0.3) is 5.56 Å². The Kier molecular flexibility index (Phi) is 2.20. The third-order valence-electron chi connectivity index (χ3n) is 1.94. The summed E-state index contributed by atoms with van der Waals surface area (Å²) in [7, 11) is 1.26. The van der Waals surface area contributed by atoms with Crippen LogP contribution in [0.5, 0.6) is 5.75 Å². The second-order valence-corrected chi connectivity index (χ2v) is 3.90. The second kappa shape index (κ2) is 3.39. The number of aromatic hydroxyl groups is 1. The number of esters is 1. The molecule has 0 bridgehead atoms. The SMILES string of the molecule is COC(=O)c1cc2c(O)c[nH]c(=O)c2s1. The number of nitrogens with one attached hydrogen (secondary N) is 1. The molecule has 0 radical (unpaired) electrons. The molecule has 2 rings (SSSR count). The van der Waals surface area contributed by atoms with Crippen molar-refractivity contribution in [3.63, 3.8) is 0 Å². The van der Waals surface area contributed by atoms with Crippen LogP contribution in [0.1, 0.15) is 9.67 Å². The number of H-pyrrole nitrogens is 1. The van der Waals surface area contributed by atoms with Gasteiger partial charge in [-0.05, 0) is 6.07 Å². The minimum absolute atomic E-state index is 0.0593. The van der Waals surface area contributed by atoms with E-state index in [-0.39, 0.29) is 11.3 Å². The van der Waals surface area contributed by atoms with E-state index in [4.69, 9.17) is 0 Å². The highest BCUT2D eigenvalue weighted by molar-refractivity contribution is 7.20. The van der Waals surface area contributed by atoms with Gasteiger partial charge in [-0.25, -0.2) is 4.79 Å². The van der Waals surface area contributed by atoms with Crippen LogP contribution in [-0.4, -0.2) is 23.2 Å². The number of carbonyl (C=O) groups excluding carboxylic acids is 1. The largest absolute Gasteiger partial charge is 0.506 e. The Morgan fingerprint density at radius 3 is 2.93 bits per heavy atom. The molecule has 2 aromatic heterocycles. The first-order valence-electron chi connectivity index (χ1n) is 4.06. The minimum atomic E-state index is -0.519. The summed E-state index contributed by atoms with van der Waals surface area (Å²) in [6.45, 7) is 0. The third kappa shape index (κ3) is 1.48. The van der Waals surface area contributed by atoms with Gasteiger partial charge >= 0.3 is 5.97 Å². The van der Waals surface area contributed by atoms with Crippen molar-refractivity contribution in [1.29, 1.82) is 0 Å². The van der Waals surface area contributed by atoms with Crippen LogP contribution in [0.2, 0.25) is 0 Å². The Balaban J connectivity index is 2.75. The fourth-order valence-electron chi connectivity index (χ4n) is 1.23. The number of rotatable bonds is 1. The minimum Gasteiger partial charge on any atom is -0.506 e. The van der Waals surface area contributed by atoms with Crippen LogP contribution >= 0.6 is 11.3 Å². The zero-order valence-corrected chi connectivity index (χ0v) is 8.55. The molecule has 0 fully saturated rings. The van der Waals surface area contributed by atoms with Gasteiger partial charge < -0.3 is 14.8 Å². The van der Waals surface area contributed by atoms with Crippen LogP contribution < -0.4 is 5.56 Å². The van der Waals surface area contributed by atoms with Crippen molar-refractivity contribution < 1.29 is 14.6 Å². The number of aromatic nitrogens is 1. The third-order valence-corrected chi connectivity index (χ3v) is 3.05. The topological polar surface area (TPSA) is 79.4 Å². The molecule has 0 amide bonds. The Bertz CT molecular complexity index is 583. The number of hydrogen-bond acceptors (Lipinski definition) is 5. The number of fused-ring (bicyclic) bond motifs is 1. The van der Waals surface area contributed by atoms with Gasteiger partial charge in [0.15, 0.2) is 0 Å². The zero-order chi connectivity index (χ0) is 11.0. The van der Waals surface area contributed by atoms with E-state index < -0.39 is 5.97 Å². The first-order valence-corrected chi connectivity index (χ1v) is 4.87. The van der Waals surface area contributed by atoms with Gasteiger partial charge in [-0.3, -0.25) is 4.79 Å². The van der Waals surface area contributed by atoms with E-state index >= 15 is 0 Å². The molecule has 0 spiro atoms. The van der Waals surface area contributed by atoms with Crippen molar-refractivity contribution in [2.24, 2.45) is 0 Å². The van der Waals surface area contributed by atoms with E-state index in [9.17, 15) is 14.7 Å². The van der Waals surface area contributed by atoms with Crippen LogP contribution in [0.4, 0.5) is 0 Å². The van der Waals surface area contributed by atoms with Crippen LogP contribution in [0.25, 0.3) is 10.1 Å². The monoisotopic (exact) mass is 225 g/mol. The van der Waals surface area contributed by atoms with Crippen LogP contribution in [0.3, 0.4) is 0 Å². The summed E-state index contributed by atoms with van der Waals surface area (Å²) in [6.07, 6.45) is 1.19. The normalized spacial score (nSPS) is 10.5. The summed E-state index contributed by atoms with van der Waals surface area (Å²) in [6, 6.07) is 1.44. The number of thiophene rings is 1. The summed E-state index contributed by atoms with van der Waals surface area (Å²) in [5.74, 6) is -0.578. The standard InChI is InChI=1S/C9H7NO4S/c1-14-9(13)6-2-4-5(11)3-10-8(12)7(4)15-6/h2-3,11H,1H3,(H,10,12). The molecule has 15 heavy (non-hydrogen) atoms. The lowest BCUT2D eigenvalue weighted by atomic mass is 10.3. The van der Waals surface area contributed by atoms with Gasteiger partial charge in [0.05, 0.1) is 7.11 Å². The predicted octanol–water partition coefficient (Wildman–Crippen LogP) is 1.08. The Hall–Kier alpha value is -1.82. The lowest BCUT2D eigenvalue weighted by molar-refractivity contribution is 0.0606. The maximum atomic E-state index is 11.3. The smallest absolute Gasteiger partial charge is 0.348 e. The Labute approximate surface area is 87.9 Å². The van der Waals surface area contributed by atoms with Crippen LogP contribution in [-0.2, 0) is 4.74 Å². The van der Waals surface area contributed by atoms with Gasteiger partial charge in [0.2, 0.25) is 0 Å². The molecule has 78 valence electrons. The fraction of sp³-hybridized carbons (Fsp3) is 0.111. The molecule has 0 aromatic carbocycles. The summed E-state index contributed by atoms with van der Waals surface area (Å²) in [5.41, 5.74) is -0.331. The van der Waals surface area contributed by atoms with Gasteiger partial charge in [0.1, 0.15) is 15.3 Å². The van der Waals surface area contributed by atoms with Crippen molar-refractivity contribution >= 4 is 27.4 Å². The van der Waals surface area contributed by atoms with E-state index in [1.54, 1.807) is 0 Å². The molecule has 0 saturated carbocycles. The van der Waals surface area contributed by atoms with E-state index in [2.05, 4.69) is 9.72 Å². The molecule has 0 unspecified atom stereocenters. The molecular weight excluding hydrogens is 218 g/mol. The van der Waals surface area contributed by atoms with E-state index in [0.29, 0.717) is 15.0 Å². The maximum Gasteiger partial charge on any atom is 0.348 e. The quantitative estimate of drug-likeness (QED) is 0.712. The first-order chi connectivity index (χ1) is 7.13. The number of methoxy groups -OCH3 is 1. The summed E-state index contributed by atoms with van der Waals surface area (Å²) >= 11 is 0.992. The Morgan fingerprint density at radius 1 is 1.60 bits per heavy atom. The van der Waals surface area contributed by atoms with Gasteiger partial charge in [-0.1, -0.05) is 0 Å². The van der Waals surface area contributed by atoms with Crippen molar-refractivity contribution in [1.82, 2.24) is 4.98 Å². The number of aromatic amines is 1. The summed E-state index contributed by atoms with van der Waals surface area (Å²) in [5, 5.41) is 9.81. The highest BCUT2D eigenvalue weighted by Gasteiger charge is 2.14. The van der Waals surface area contributed by atoms with Crippen molar-refractivity contribution in [2.45, 2.75) is 0 Å². The van der Waals surface area contributed by atoms with Crippen molar-refractivity contribution in [3.8, 4) is 5.75 Å². The lowest BCUT2D eigenvalue weighted by Crippen LogP contribution is -2.01. The molecule has 6 heteroatoms. The predicted molar refractivity (Wildman–Crippen MR) is 55.5 cm³/mol. The fourth-order valence-corrected chi connectivity index (χ4v) is 2.22. The highest BCUT2D eigenvalue weighted by atomic mass is 32.1. The molecule has 0 aliphatic rings. The van der Waals surface area contributed by atoms with Crippen LogP contribution in [0.15, 0.2) is 17.1 Å². The number of hydrogen-bond donors (Lipinski definition) is 2. The zero-order valence-electron chi connectivity index (χ0n) is 7.73. The van der Waals surface area contributed by atoms with E-state index in [0.717, 1.165) is 11.3 Å². The Morgan fingerprint density at radius 2 is 2.33 bits per heavy atom. The van der Waals surface area contributed by atoms with Gasteiger partial charge in [0, 0.05) is 11.6 Å². The number of carbonyl (C=O) groups is 1. The summed E-state index contributed by atoms with van der Waals surface area (Å²) < 4.78 is 4.84. The average Bonchev–Trinajstić information content (AvgIpc) is 2.68. The van der Waals surface area contributed by atoms with Gasteiger partial charge in [-0.2, -0.15) is 0 Å². The molecule has 2 aromatic rings. The van der Waals surface area contributed by atoms with E-state index in [1.165, 1.54) is 19.4 Å². The lowest BCUT2D eigenvalue weighted by Gasteiger charge is -1.91. The second-order valence-electron chi connectivity index (χ2n) is 2.85. The molecular formula is C9H7NO4S. The molecule has 2 N–H and O–H groups in total. The molecule has 5 nitrogen and oxygen atoms in total. The molecule has 0 atom stereocenters. The highest BCUT2D eigenvalue weighted by Crippen LogP contribution is 2.28.